The largest absolute Gasteiger partial charge is 0.351 e. The lowest BCUT2D eigenvalue weighted by Crippen LogP contribution is -2.44. The third kappa shape index (κ3) is 7.23. The molecule has 0 aromatic heterocycles. The fourth-order valence-corrected chi connectivity index (χ4v) is 4.88. The van der Waals surface area contributed by atoms with E-state index in [4.69, 9.17) is 0 Å². The molecule has 31 heavy (non-hydrogen) atoms. The number of carbonyl (C=O) groups excluding carboxylic acids is 2. The molecule has 3 amide bonds. The number of hydrogen-bond acceptors (Lipinski definition) is 3. The van der Waals surface area contributed by atoms with Gasteiger partial charge in [0.1, 0.15) is 0 Å². The van der Waals surface area contributed by atoms with Gasteiger partial charge in [-0.05, 0) is 69.7 Å². The van der Waals surface area contributed by atoms with E-state index in [0.717, 1.165) is 44.5 Å². The summed E-state index contributed by atoms with van der Waals surface area (Å²) in [6.45, 7) is 5.88. The Hall–Kier alpha value is -2.08. The van der Waals surface area contributed by atoms with Crippen LogP contribution in [0.3, 0.4) is 0 Å². The SMILES string of the molecule is CCNC(=O)N1CCC(Cc2ccc(C(=O)NCCN(C)C3CCCCC3)cc2)CC1. The summed E-state index contributed by atoms with van der Waals surface area (Å²) < 4.78 is 0. The Morgan fingerprint density at radius 3 is 2.32 bits per heavy atom. The monoisotopic (exact) mass is 428 g/mol. The molecule has 1 saturated heterocycles. The van der Waals surface area contributed by atoms with Crippen LogP contribution in [0.5, 0.6) is 0 Å². The highest BCUT2D eigenvalue weighted by Gasteiger charge is 2.22. The van der Waals surface area contributed by atoms with Gasteiger partial charge in [0.05, 0.1) is 0 Å². The van der Waals surface area contributed by atoms with Gasteiger partial charge in [-0.15, -0.1) is 0 Å². The third-order valence-electron chi connectivity index (χ3n) is 6.92. The molecule has 6 nitrogen and oxygen atoms in total. The van der Waals surface area contributed by atoms with Crippen LogP contribution < -0.4 is 10.6 Å². The van der Waals surface area contributed by atoms with E-state index in [-0.39, 0.29) is 11.9 Å². The molecule has 1 aromatic rings. The summed E-state index contributed by atoms with van der Waals surface area (Å²) >= 11 is 0. The molecule has 1 saturated carbocycles. The number of amides is 3. The normalized spacial score (nSPS) is 18.2. The van der Waals surface area contributed by atoms with Crippen LogP contribution in [0.4, 0.5) is 4.79 Å². The molecule has 172 valence electrons. The van der Waals surface area contributed by atoms with Crippen molar-refractivity contribution in [1.82, 2.24) is 20.4 Å². The first-order valence-corrected chi connectivity index (χ1v) is 12.2. The molecule has 0 bridgehead atoms. The van der Waals surface area contributed by atoms with Crippen LogP contribution in [0.15, 0.2) is 24.3 Å². The van der Waals surface area contributed by atoms with Crippen molar-refractivity contribution in [2.45, 2.75) is 64.3 Å². The van der Waals surface area contributed by atoms with E-state index in [1.807, 2.05) is 24.0 Å². The van der Waals surface area contributed by atoms with Gasteiger partial charge < -0.3 is 20.4 Å². The molecule has 2 N–H and O–H groups in total. The number of nitrogens with one attached hydrogen (secondary N) is 2. The third-order valence-corrected chi connectivity index (χ3v) is 6.92. The maximum absolute atomic E-state index is 12.5. The van der Waals surface area contributed by atoms with E-state index in [1.165, 1.54) is 37.7 Å². The van der Waals surface area contributed by atoms with Crippen LogP contribution in [-0.4, -0.2) is 67.6 Å². The van der Waals surface area contributed by atoms with Crippen molar-refractivity contribution < 1.29 is 9.59 Å². The average molecular weight is 429 g/mol. The zero-order chi connectivity index (χ0) is 22.1. The van der Waals surface area contributed by atoms with Gasteiger partial charge in [0.2, 0.25) is 0 Å². The summed E-state index contributed by atoms with van der Waals surface area (Å²) in [6, 6.07) is 8.79. The first-order chi connectivity index (χ1) is 15.1. The fourth-order valence-electron chi connectivity index (χ4n) is 4.88. The van der Waals surface area contributed by atoms with E-state index in [9.17, 15) is 9.59 Å². The number of likely N-dealkylation sites (tertiary alicyclic amines) is 1. The molecule has 1 heterocycles. The molecule has 0 unspecified atom stereocenters. The summed E-state index contributed by atoms with van der Waals surface area (Å²) in [5.41, 5.74) is 2.00. The van der Waals surface area contributed by atoms with Crippen molar-refractivity contribution in [1.29, 1.82) is 0 Å². The summed E-state index contributed by atoms with van der Waals surface area (Å²) in [7, 11) is 2.18. The van der Waals surface area contributed by atoms with Crippen molar-refractivity contribution in [3.63, 3.8) is 0 Å². The van der Waals surface area contributed by atoms with Crippen molar-refractivity contribution in [3.05, 3.63) is 35.4 Å². The molecule has 2 fully saturated rings. The van der Waals surface area contributed by atoms with Gasteiger partial charge in [-0.1, -0.05) is 31.4 Å². The van der Waals surface area contributed by atoms with Crippen molar-refractivity contribution in [2.75, 3.05) is 39.8 Å². The average Bonchev–Trinajstić information content (AvgIpc) is 2.80. The van der Waals surface area contributed by atoms with Crippen LogP contribution in [-0.2, 0) is 6.42 Å². The predicted molar refractivity (Wildman–Crippen MR) is 125 cm³/mol. The molecule has 1 aliphatic heterocycles. The molecule has 1 aromatic carbocycles. The number of piperidine rings is 1. The molecular formula is C25H40N4O2. The number of carbonyl (C=O) groups is 2. The maximum atomic E-state index is 12.5. The highest BCUT2D eigenvalue weighted by atomic mass is 16.2. The van der Waals surface area contributed by atoms with Gasteiger partial charge in [0.15, 0.2) is 0 Å². The predicted octanol–water partition coefficient (Wildman–Crippen LogP) is 3.66. The second-order valence-corrected chi connectivity index (χ2v) is 9.20. The molecule has 0 radical (unpaired) electrons. The molecule has 1 aliphatic carbocycles. The highest BCUT2D eigenvalue weighted by Crippen LogP contribution is 2.22. The number of rotatable bonds is 8. The van der Waals surface area contributed by atoms with Crippen molar-refractivity contribution in [3.8, 4) is 0 Å². The lowest BCUT2D eigenvalue weighted by Gasteiger charge is -2.32. The molecule has 2 aliphatic rings. The first kappa shape index (κ1) is 23.6. The maximum Gasteiger partial charge on any atom is 0.317 e. The minimum atomic E-state index is 0.0128. The number of hydrogen-bond donors (Lipinski definition) is 2. The van der Waals surface area contributed by atoms with Gasteiger partial charge >= 0.3 is 6.03 Å². The molecule has 6 heteroatoms. The highest BCUT2D eigenvalue weighted by molar-refractivity contribution is 5.94. The second-order valence-electron chi connectivity index (χ2n) is 9.20. The second kappa shape index (κ2) is 12.1. The summed E-state index contributed by atoms with van der Waals surface area (Å²) in [4.78, 5) is 28.7. The zero-order valence-corrected chi connectivity index (χ0v) is 19.4. The minimum absolute atomic E-state index is 0.0128. The van der Waals surface area contributed by atoms with Gasteiger partial charge in [-0.2, -0.15) is 0 Å². The van der Waals surface area contributed by atoms with Crippen LogP contribution >= 0.6 is 0 Å². The van der Waals surface area contributed by atoms with Crippen LogP contribution in [0.2, 0.25) is 0 Å². The number of benzene rings is 1. The topological polar surface area (TPSA) is 64.7 Å². The quantitative estimate of drug-likeness (QED) is 0.664. The van der Waals surface area contributed by atoms with Gasteiger partial charge in [0, 0.05) is 44.3 Å². The van der Waals surface area contributed by atoms with E-state index >= 15 is 0 Å². The van der Waals surface area contributed by atoms with Crippen molar-refractivity contribution >= 4 is 11.9 Å². The lowest BCUT2D eigenvalue weighted by molar-refractivity contribution is 0.0944. The standard InChI is InChI=1S/C25H40N4O2/c1-3-26-25(31)29-16-13-21(14-17-29)19-20-9-11-22(12-10-20)24(30)27-15-18-28(2)23-7-5-4-6-8-23/h9-12,21,23H,3-8,13-19H2,1-2H3,(H,26,31)(H,27,30). The Balaban J connectivity index is 1.37. The number of nitrogens with zero attached hydrogens (tertiary/aromatic N) is 2. The Morgan fingerprint density at radius 2 is 1.68 bits per heavy atom. The summed E-state index contributed by atoms with van der Waals surface area (Å²) in [6.07, 6.45) is 9.70. The number of likely N-dealkylation sites (N-methyl/N-ethyl adjacent to an activating group) is 1. The smallest absolute Gasteiger partial charge is 0.317 e. The number of urea groups is 1. The Labute approximate surface area is 187 Å². The Kier molecular flexibility index (Phi) is 9.19. The first-order valence-electron chi connectivity index (χ1n) is 12.2. The van der Waals surface area contributed by atoms with Gasteiger partial charge in [0.25, 0.3) is 5.91 Å². The Morgan fingerprint density at radius 1 is 1.00 bits per heavy atom. The molecule has 0 spiro atoms. The Bertz CT molecular complexity index is 692. The van der Waals surface area contributed by atoms with Crippen LogP contribution in [0.25, 0.3) is 0 Å². The van der Waals surface area contributed by atoms with Crippen LogP contribution in [0, 0.1) is 5.92 Å². The van der Waals surface area contributed by atoms with Crippen molar-refractivity contribution in [2.24, 2.45) is 5.92 Å². The van der Waals surface area contributed by atoms with E-state index in [0.29, 0.717) is 25.0 Å². The fraction of sp³-hybridized carbons (Fsp3) is 0.680. The summed E-state index contributed by atoms with van der Waals surface area (Å²) in [5, 5.41) is 5.95. The van der Waals surface area contributed by atoms with E-state index < -0.39 is 0 Å². The van der Waals surface area contributed by atoms with Crippen LogP contribution in [0.1, 0.15) is 67.8 Å². The van der Waals surface area contributed by atoms with E-state index in [1.54, 1.807) is 0 Å². The van der Waals surface area contributed by atoms with E-state index in [2.05, 4.69) is 34.7 Å². The zero-order valence-electron chi connectivity index (χ0n) is 19.4. The minimum Gasteiger partial charge on any atom is -0.351 e. The lowest BCUT2D eigenvalue weighted by atomic mass is 9.90. The molecule has 3 rings (SSSR count). The molecular weight excluding hydrogens is 388 g/mol. The van der Waals surface area contributed by atoms with Gasteiger partial charge in [-0.3, -0.25) is 4.79 Å². The summed E-state index contributed by atoms with van der Waals surface area (Å²) in [5.74, 6) is 0.611. The van der Waals surface area contributed by atoms with Gasteiger partial charge in [-0.25, -0.2) is 4.79 Å². The molecule has 0 atom stereocenters.